The largest absolute Gasteiger partial charge is 0.351 e. The fourth-order valence-electron chi connectivity index (χ4n) is 3.69. The molecule has 9 heteroatoms. The summed E-state index contributed by atoms with van der Waals surface area (Å²) in [4.78, 5) is 27.2. The maximum absolute atomic E-state index is 13.1. The van der Waals surface area contributed by atoms with Crippen molar-refractivity contribution in [2.45, 2.75) is 56.9 Å². The molecule has 2 fully saturated rings. The van der Waals surface area contributed by atoms with Crippen LogP contribution in [0, 0.1) is 5.92 Å². The maximum Gasteiger partial charge on any atom is 0.265 e. The number of piperidine rings is 2. The highest BCUT2D eigenvalue weighted by molar-refractivity contribution is 7.89. The van der Waals surface area contributed by atoms with Crippen molar-refractivity contribution in [1.82, 2.24) is 14.5 Å². The minimum Gasteiger partial charge on any atom is -0.351 e. The van der Waals surface area contributed by atoms with Crippen LogP contribution in [0.15, 0.2) is 16.3 Å². The van der Waals surface area contributed by atoms with Gasteiger partial charge in [0.25, 0.3) is 5.91 Å². The van der Waals surface area contributed by atoms with Crippen LogP contribution in [0.3, 0.4) is 0 Å². The van der Waals surface area contributed by atoms with Crippen LogP contribution in [0.5, 0.6) is 0 Å². The number of hydrogen-bond acceptors (Lipinski definition) is 5. The topological polar surface area (TPSA) is 86.8 Å². The van der Waals surface area contributed by atoms with Gasteiger partial charge in [-0.05, 0) is 37.1 Å². The minimum atomic E-state index is -3.65. The highest BCUT2D eigenvalue weighted by atomic mass is 32.2. The molecule has 1 aromatic rings. The van der Waals surface area contributed by atoms with Crippen molar-refractivity contribution in [1.29, 1.82) is 0 Å². The van der Waals surface area contributed by atoms with Gasteiger partial charge in [0.2, 0.25) is 15.9 Å². The molecular weight excluding hydrogens is 398 g/mol. The third kappa shape index (κ3) is 4.58. The Hall–Kier alpha value is -1.45. The zero-order valence-corrected chi connectivity index (χ0v) is 18.2. The van der Waals surface area contributed by atoms with Gasteiger partial charge in [0.1, 0.15) is 9.77 Å². The molecule has 2 saturated heterocycles. The number of nitrogens with one attached hydrogen (secondary N) is 1. The Morgan fingerprint density at radius 1 is 1.14 bits per heavy atom. The maximum atomic E-state index is 13.1. The third-order valence-electron chi connectivity index (χ3n) is 5.34. The molecule has 1 N–H and O–H groups in total. The number of carbonyl (C=O) groups is 2. The lowest BCUT2D eigenvalue weighted by atomic mass is 10.0. The number of likely N-dealkylation sites (tertiary alicyclic amines) is 1. The summed E-state index contributed by atoms with van der Waals surface area (Å²) in [5, 5.41) is 4.66. The first-order valence-electron chi connectivity index (χ1n) is 9.98. The van der Waals surface area contributed by atoms with Crippen molar-refractivity contribution in [3.8, 4) is 0 Å². The number of nitrogens with zero attached hydrogens (tertiary/aromatic N) is 2. The molecular formula is C19H29N3O4S2. The summed E-state index contributed by atoms with van der Waals surface area (Å²) in [6, 6.07) is 1.46. The third-order valence-corrected chi connectivity index (χ3v) is 8.31. The van der Waals surface area contributed by atoms with Gasteiger partial charge in [-0.25, -0.2) is 8.42 Å². The van der Waals surface area contributed by atoms with Crippen molar-refractivity contribution < 1.29 is 18.0 Å². The number of hydrogen-bond donors (Lipinski definition) is 1. The summed E-state index contributed by atoms with van der Waals surface area (Å²) in [6.07, 6.45) is 4.37. The van der Waals surface area contributed by atoms with Crippen LogP contribution in [-0.2, 0) is 14.8 Å². The fourth-order valence-corrected chi connectivity index (χ4v) is 6.57. The van der Waals surface area contributed by atoms with E-state index in [4.69, 9.17) is 0 Å². The van der Waals surface area contributed by atoms with E-state index in [9.17, 15) is 18.0 Å². The van der Waals surface area contributed by atoms with Crippen LogP contribution in [0.1, 0.15) is 55.6 Å². The number of carbonyl (C=O) groups excluding carboxylic acids is 2. The van der Waals surface area contributed by atoms with Crippen LogP contribution < -0.4 is 5.32 Å². The van der Waals surface area contributed by atoms with Gasteiger partial charge < -0.3 is 10.2 Å². The quantitative estimate of drug-likeness (QED) is 0.781. The second-order valence-electron chi connectivity index (χ2n) is 7.83. The molecule has 2 amide bonds. The van der Waals surface area contributed by atoms with E-state index in [0.29, 0.717) is 26.2 Å². The average Bonchev–Trinajstić information content (AvgIpc) is 3.19. The molecule has 0 aliphatic carbocycles. The second-order valence-corrected chi connectivity index (χ2v) is 10.7. The van der Waals surface area contributed by atoms with Crippen molar-refractivity contribution in [2.75, 3.05) is 26.2 Å². The molecule has 0 radical (unpaired) electrons. The summed E-state index contributed by atoms with van der Waals surface area (Å²) in [7, 11) is -3.65. The van der Waals surface area contributed by atoms with E-state index in [0.717, 1.165) is 32.1 Å². The molecule has 28 heavy (non-hydrogen) atoms. The predicted molar refractivity (Wildman–Crippen MR) is 109 cm³/mol. The van der Waals surface area contributed by atoms with Crippen LogP contribution in [0.25, 0.3) is 0 Å². The summed E-state index contributed by atoms with van der Waals surface area (Å²) in [6.45, 7) is 5.69. The Morgan fingerprint density at radius 3 is 2.54 bits per heavy atom. The van der Waals surface area contributed by atoms with E-state index in [1.807, 2.05) is 13.8 Å². The summed E-state index contributed by atoms with van der Waals surface area (Å²) in [5.74, 6) is -0.387. The highest BCUT2D eigenvalue weighted by Gasteiger charge is 2.34. The number of amides is 2. The minimum absolute atomic E-state index is 0.0243. The highest BCUT2D eigenvalue weighted by Crippen LogP contribution is 2.29. The Bertz CT molecular complexity index is 813. The molecule has 0 bridgehead atoms. The van der Waals surface area contributed by atoms with E-state index in [2.05, 4.69) is 5.32 Å². The molecule has 156 valence electrons. The molecule has 2 aliphatic rings. The van der Waals surface area contributed by atoms with E-state index < -0.39 is 10.0 Å². The van der Waals surface area contributed by atoms with Gasteiger partial charge in [-0.15, -0.1) is 11.3 Å². The Labute approximate surface area is 171 Å². The Balaban J connectivity index is 1.75. The van der Waals surface area contributed by atoms with Crippen molar-refractivity contribution >= 4 is 33.2 Å². The lowest BCUT2D eigenvalue weighted by molar-refractivity contribution is -0.125. The van der Waals surface area contributed by atoms with Crippen LogP contribution in [0.4, 0.5) is 0 Å². The van der Waals surface area contributed by atoms with Gasteiger partial charge >= 0.3 is 0 Å². The number of rotatable bonds is 5. The van der Waals surface area contributed by atoms with Gasteiger partial charge in [0.15, 0.2) is 0 Å². The smallest absolute Gasteiger partial charge is 0.265 e. The van der Waals surface area contributed by atoms with Crippen LogP contribution in [0.2, 0.25) is 0 Å². The van der Waals surface area contributed by atoms with Gasteiger partial charge in [0, 0.05) is 38.1 Å². The lowest BCUT2D eigenvalue weighted by Gasteiger charge is -2.33. The molecule has 1 aromatic heterocycles. The zero-order chi connectivity index (χ0) is 20.3. The molecule has 1 unspecified atom stereocenters. The molecule has 0 aromatic carbocycles. The van der Waals surface area contributed by atoms with Gasteiger partial charge in [-0.2, -0.15) is 4.31 Å². The molecule has 0 saturated carbocycles. The van der Waals surface area contributed by atoms with E-state index in [1.165, 1.54) is 15.6 Å². The number of sulfonamides is 1. The SMILES string of the molecule is CC(C)C(=O)NC1CCCN(C(=O)c2sccc2S(=O)(=O)N2CCCCC2)C1. The fraction of sp³-hybridized carbons (Fsp3) is 0.684. The molecule has 0 spiro atoms. The Kier molecular flexibility index (Phi) is 6.77. The predicted octanol–water partition coefficient (Wildman–Crippen LogP) is 2.30. The Morgan fingerprint density at radius 2 is 1.86 bits per heavy atom. The van der Waals surface area contributed by atoms with Crippen molar-refractivity contribution in [3.63, 3.8) is 0 Å². The normalized spacial score (nSPS) is 21.7. The molecule has 7 nitrogen and oxygen atoms in total. The summed E-state index contributed by atoms with van der Waals surface area (Å²) in [5.41, 5.74) is 0. The summed E-state index contributed by atoms with van der Waals surface area (Å²) < 4.78 is 27.6. The standard InChI is InChI=1S/C19H29N3O4S2/c1-14(2)18(23)20-15-7-6-9-21(13-15)19(24)17-16(8-12-27-17)28(25,26)22-10-4-3-5-11-22/h8,12,14-15H,3-7,9-11,13H2,1-2H3,(H,20,23). The monoisotopic (exact) mass is 427 g/mol. The van der Waals surface area contributed by atoms with E-state index in [1.54, 1.807) is 16.3 Å². The van der Waals surface area contributed by atoms with E-state index in [-0.39, 0.29) is 33.5 Å². The first-order valence-corrected chi connectivity index (χ1v) is 12.3. The van der Waals surface area contributed by atoms with E-state index >= 15 is 0 Å². The average molecular weight is 428 g/mol. The molecule has 3 rings (SSSR count). The van der Waals surface area contributed by atoms with Gasteiger partial charge in [-0.3, -0.25) is 9.59 Å². The lowest BCUT2D eigenvalue weighted by Crippen LogP contribution is -2.50. The van der Waals surface area contributed by atoms with Crippen molar-refractivity contribution in [3.05, 3.63) is 16.3 Å². The second kappa shape index (κ2) is 8.92. The summed E-state index contributed by atoms with van der Waals surface area (Å²) >= 11 is 1.18. The van der Waals surface area contributed by atoms with Crippen LogP contribution >= 0.6 is 11.3 Å². The molecule has 3 heterocycles. The van der Waals surface area contributed by atoms with Gasteiger partial charge in [0.05, 0.1) is 0 Å². The van der Waals surface area contributed by atoms with Crippen LogP contribution in [-0.4, -0.2) is 61.7 Å². The molecule has 2 aliphatic heterocycles. The van der Waals surface area contributed by atoms with Crippen molar-refractivity contribution in [2.24, 2.45) is 5.92 Å². The molecule has 1 atom stereocenters. The zero-order valence-electron chi connectivity index (χ0n) is 16.5. The first-order chi connectivity index (χ1) is 13.3. The first kappa shape index (κ1) is 21.3. The van der Waals surface area contributed by atoms with Gasteiger partial charge in [-0.1, -0.05) is 20.3 Å². The number of thiophene rings is 1.